The summed E-state index contributed by atoms with van der Waals surface area (Å²) in [5.41, 5.74) is 1.69. The highest BCUT2D eigenvalue weighted by atomic mass is 32.2. The molecule has 0 spiro atoms. The molecule has 0 atom stereocenters. The summed E-state index contributed by atoms with van der Waals surface area (Å²) in [5, 5.41) is 3.14. The molecule has 1 saturated heterocycles. The van der Waals surface area contributed by atoms with E-state index < -0.39 is 10.2 Å². The van der Waals surface area contributed by atoms with Crippen LogP contribution in [0, 0.1) is 0 Å². The van der Waals surface area contributed by atoms with Gasteiger partial charge in [0.05, 0.1) is 5.69 Å². The highest BCUT2D eigenvalue weighted by Gasteiger charge is 2.23. The predicted molar refractivity (Wildman–Crippen MR) is 80.8 cm³/mol. The first-order valence-electron chi connectivity index (χ1n) is 6.70. The smallest absolute Gasteiger partial charge is 0.301 e. The van der Waals surface area contributed by atoms with Crippen LogP contribution in [0.4, 0.5) is 5.69 Å². The molecule has 2 rings (SSSR count). The highest BCUT2D eigenvalue weighted by molar-refractivity contribution is 7.90. The molecule has 7 heteroatoms. The van der Waals surface area contributed by atoms with Crippen LogP contribution in [0.25, 0.3) is 0 Å². The van der Waals surface area contributed by atoms with Crippen LogP contribution in [0.1, 0.15) is 5.56 Å². The summed E-state index contributed by atoms with van der Waals surface area (Å²) < 4.78 is 28.7. The summed E-state index contributed by atoms with van der Waals surface area (Å²) in [6.07, 6.45) is 0. The van der Waals surface area contributed by atoms with Gasteiger partial charge in [0.15, 0.2) is 0 Å². The second-order valence-electron chi connectivity index (χ2n) is 5.19. The van der Waals surface area contributed by atoms with Gasteiger partial charge in [-0.25, -0.2) is 0 Å². The van der Waals surface area contributed by atoms with Crippen molar-refractivity contribution in [3.63, 3.8) is 0 Å². The van der Waals surface area contributed by atoms with Crippen LogP contribution in [0.2, 0.25) is 0 Å². The SMILES string of the molecule is CN(C)Cc1cccc(NS(=O)(=O)N2CCNCC2)c1. The summed E-state index contributed by atoms with van der Waals surface area (Å²) in [5.74, 6) is 0. The quantitative estimate of drug-likeness (QED) is 0.821. The van der Waals surface area contributed by atoms with Gasteiger partial charge in [0.25, 0.3) is 0 Å². The summed E-state index contributed by atoms with van der Waals surface area (Å²) in [6, 6.07) is 7.51. The Kier molecular flexibility index (Phi) is 4.98. The lowest BCUT2D eigenvalue weighted by Crippen LogP contribution is -2.48. The van der Waals surface area contributed by atoms with E-state index in [4.69, 9.17) is 0 Å². The van der Waals surface area contributed by atoms with Crippen molar-refractivity contribution in [2.24, 2.45) is 0 Å². The molecular weight excluding hydrogens is 276 g/mol. The van der Waals surface area contributed by atoms with Crippen LogP contribution < -0.4 is 10.0 Å². The fourth-order valence-corrected chi connectivity index (χ4v) is 3.41. The molecule has 0 unspecified atom stereocenters. The van der Waals surface area contributed by atoms with E-state index in [1.165, 1.54) is 4.31 Å². The van der Waals surface area contributed by atoms with Crippen LogP contribution in [0.5, 0.6) is 0 Å². The van der Waals surface area contributed by atoms with E-state index in [0.29, 0.717) is 31.9 Å². The Hall–Kier alpha value is -1.15. The minimum absolute atomic E-state index is 0.507. The summed E-state index contributed by atoms with van der Waals surface area (Å²) in [7, 11) is 0.516. The molecule has 0 saturated carbocycles. The van der Waals surface area contributed by atoms with E-state index in [9.17, 15) is 8.42 Å². The average Bonchev–Trinajstić information content (AvgIpc) is 2.39. The lowest BCUT2D eigenvalue weighted by atomic mass is 10.2. The van der Waals surface area contributed by atoms with Crippen LogP contribution in [-0.2, 0) is 16.8 Å². The molecule has 0 amide bonds. The van der Waals surface area contributed by atoms with Crippen molar-refractivity contribution in [3.05, 3.63) is 29.8 Å². The van der Waals surface area contributed by atoms with Crippen molar-refractivity contribution in [1.82, 2.24) is 14.5 Å². The molecular formula is C13H22N4O2S. The molecule has 1 aromatic rings. The zero-order chi connectivity index (χ0) is 14.6. The largest absolute Gasteiger partial charge is 0.314 e. The van der Waals surface area contributed by atoms with Gasteiger partial charge < -0.3 is 10.2 Å². The second kappa shape index (κ2) is 6.53. The van der Waals surface area contributed by atoms with Crippen molar-refractivity contribution in [3.8, 4) is 0 Å². The van der Waals surface area contributed by atoms with Gasteiger partial charge in [-0.3, -0.25) is 4.72 Å². The number of hydrogen-bond donors (Lipinski definition) is 2. The second-order valence-corrected chi connectivity index (χ2v) is 6.86. The third-order valence-electron chi connectivity index (χ3n) is 3.09. The number of anilines is 1. The van der Waals surface area contributed by atoms with Gasteiger partial charge in [-0.1, -0.05) is 12.1 Å². The number of benzene rings is 1. The maximum Gasteiger partial charge on any atom is 0.301 e. The summed E-state index contributed by atoms with van der Waals surface area (Å²) >= 11 is 0. The van der Waals surface area contributed by atoms with Crippen LogP contribution in [0.3, 0.4) is 0 Å². The minimum atomic E-state index is -3.45. The molecule has 1 aromatic carbocycles. The van der Waals surface area contributed by atoms with Gasteiger partial charge in [-0.15, -0.1) is 0 Å². The molecule has 1 heterocycles. The minimum Gasteiger partial charge on any atom is -0.314 e. The van der Waals surface area contributed by atoms with E-state index >= 15 is 0 Å². The van der Waals surface area contributed by atoms with Crippen LogP contribution >= 0.6 is 0 Å². The molecule has 112 valence electrons. The third-order valence-corrected chi connectivity index (χ3v) is 4.63. The van der Waals surface area contributed by atoms with E-state index in [1.54, 1.807) is 6.07 Å². The third kappa shape index (κ3) is 4.17. The first kappa shape index (κ1) is 15.2. The van der Waals surface area contributed by atoms with Gasteiger partial charge in [0.2, 0.25) is 0 Å². The van der Waals surface area contributed by atoms with Crippen LogP contribution in [-0.4, -0.2) is 57.9 Å². The van der Waals surface area contributed by atoms with Crippen molar-refractivity contribution < 1.29 is 8.42 Å². The topological polar surface area (TPSA) is 64.7 Å². The molecule has 0 bridgehead atoms. The van der Waals surface area contributed by atoms with Crippen molar-refractivity contribution in [1.29, 1.82) is 0 Å². The van der Waals surface area contributed by atoms with E-state index in [-0.39, 0.29) is 0 Å². The Morgan fingerprint density at radius 3 is 2.65 bits per heavy atom. The monoisotopic (exact) mass is 298 g/mol. The Morgan fingerprint density at radius 2 is 2.00 bits per heavy atom. The predicted octanol–water partition coefficient (Wildman–Crippen LogP) is 0.310. The molecule has 1 fully saturated rings. The number of hydrogen-bond acceptors (Lipinski definition) is 4. The Labute approximate surface area is 120 Å². The maximum absolute atomic E-state index is 12.3. The fraction of sp³-hybridized carbons (Fsp3) is 0.538. The first-order chi connectivity index (χ1) is 9.47. The van der Waals surface area contributed by atoms with Crippen molar-refractivity contribution in [2.45, 2.75) is 6.54 Å². The van der Waals surface area contributed by atoms with Gasteiger partial charge >= 0.3 is 10.2 Å². The highest BCUT2D eigenvalue weighted by Crippen LogP contribution is 2.15. The van der Waals surface area contributed by atoms with Crippen LogP contribution in [0.15, 0.2) is 24.3 Å². The molecule has 1 aliphatic heterocycles. The summed E-state index contributed by atoms with van der Waals surface area (Å²) in [6.45, 7) is 3.19. The molecule has 2 N–H and O–H groups in total. The maximum atomic E-state index is 12.3. The Balaban J connectivity index is 2.08. The lowest BCUT2D eigenvalue weighted by Gasteiger charge is -2.27. The zero-order valence-corrected chi connectivity index (χ0v) is 12.8. The normalized spacial score (nSPS) is 17.4. The molecule has 0 aromatic heterocycles. The summed E-state index contributed by atoms with van der Waals surface area (Å²) in [4.78, 5) is 2.05. The molecule has 0 radical (unpaired) electrons. The Bertz CT molecular complexity index is 539. The first-order valence-corrected chi connectivity index (χ1v) is 8.14. The number of nitrogens with zero attached hydrogens (tertiary/aromatic N) is 2. The fourth-order valence-electron chi connectivity index (χ4n) is 2.20. The average molecular weight is 298 g/mol. The number of nitrogens with one attached hydrogen (secondary N) is 2. The standard InChI is InChI=1S/C13H22N4O2S/c1-16(2)11-12-4-3-5-13(10-12)15-20(18,19)17-8-6-14-7-9-17/h3-5,10,14-15H,6-9,11H2,1-2H3. The van der Waals surface area contributed by atoms with Gasteiger partial charge in [-0.2, -0.15) is 12.7 Å². The molecule has 0 aliphatic carbocycles. The number of piperazine rings is 1. The van der Waals surface area contributed by atoms with E-state index in [0.717, 1.165) is 12.1 Å². The van der Waals surface area contributed by atoms with E-state index in [1.807, 2.05) is 37.2 Å². The van der Waals surface area contributed by atoms with Crippen molar-refractivity contribution in [2.75, 3.05) is 45.0 Å². The molecule has 20 heavy (non-hydrogen) atoms. The van der Waals surface area contributed by atoms with Gasteiger partial charge in [0, 0.05) is 32.7 Å². The molecule has 1 aliphatic rings. The molecule has 6 nitrogen and oxygen atoms in total. The Morgan fingerprint density at radius 1 is 1.30 bits per heavy atom. The zero-order valence-electron chi connectivity index (χ0n) is 12.0. The van der Waals surface area contributed by atoms with E-state index in [2.05, 4.69) is 10.0 Å². The lowest BCUT2D eigenvalue weighted by molar-refractivity contribution is 0.362. The van der Waals surface area contributed by atoms with Gasteiger partial charge in [0.1, 0.15) is 0 Å². The van der Waals surface area contributed by atoms with Crippen molar-refractivity contribution >= 4 is 15.9 Å². The number of rotatable bonds is 5. The van der Waals surface area contributed by atoms with Gasteiger partial charge in [-0.05, 0) is 31.8 Å².